The van der Waals surface area contributed by atoms with Crippen molar-refractivity contribution in [3.8, 4) is 0 Å². The van der Waals surface area contributed by atoms with Crippen LogP contribution in [0.25, 0.3) is 0 Å². The molecule has 0 aromatic heterocycles. The molecule has 0 spiro atoms. The van der Waals surface area contributed by atoms with Gasteiger partial charge >= 0.3 is 41.9 Å². The molecule has 0 radical (unpaired) electrons. The van der Waals surface area contributed by atoms with Crippen molar-refractivity contribution in [2.75, 3.05) is 6.54 Å². The number of imide groups is 1. The van der Waals surface area contributed by atoms with Gasteiger partial charge in [0, 0.05) is 13.0 Å². The molecule has 2 amide bonds. The molecule has 0 N–H and O–H groups in total. The Bertz CT molecular complexity index is 1020. The van der Waals surface area contributed by atoms with Crippen LogP contribution in [0.2, 0.25) is 0 Å². The first-order valence-electron chi connectivity index (χ1n) is 9.98. The summed E-state index contributed by atoms with van der Waals surface area (Å²) < 4.78 is 186. The fourth-order valence-corrected chi connectivity index (χ4v) is 2.89. The van der Waals surface area contributed by atoms with Crippen LogP contribution >= 0.6 is 0 Å². The molecule has 0 aliphatic carbocycles. The highest BCUT2D eigenvalue weighted by Gasteiger charge is 2.78. The molecular weight excluding hydrogens is 568 g/mol. The van der Waals surface area contributed by atoms with Gasteiger partial charge in [-0.2, -0.15) is 61.5 Å². The number of hydrogen-bond acceptors (Lipinski definition) is 3. The van der Waals surface area contributed by atoms with Gasteiger partial charge in [-0.25, -0.2) is 0 Å². The Morgan fingerprint density at radius 3 is 1.53 bits per heavy atom. The van der Waals surface area contributed by atoms with E-state index in [1.54, 1.807) is 0 Å². The predicted molar refractivity (Wildman–Crippen MR) is 97.7 cm³/mol. The zero-order chi connectivity index (χ0) is 30.1. The van der Waals surface area contributed by atoms with Crippen molar-refractivity contribution < 1.29 is 75.8 Å². The molecule has 18 heteroatoms. The molecule has 0 aliphatic rings. The second-order valence-electron chi connectivity index (χ2n) is 7.68. The first-order valence-corrected chi connectivity index (χ1v) is 9.98. The lowest BCUT2D eigenvalue weighted by molar-refractivity contribution is -0.345. The summed E-state index contributed by atoms with van der Waals surface area (Å²) in [4.78, 5) is 35.5. The number of nitrogens with zero attached hydrogens (tertiary/aromatic N) is 1. The van der Waals surface area contributed by atoms with Gasteiger partial charge < -0.3 is 0 Å². The molecule has 0 saturated carbocycles. The molecule has 0 bridgehead atoms. The first kappa shape index (κ1) is 33.1. The van der Waals surface area contributed by atoms with Crippen molar-refractivity contribution >= 4 is 17.6 Å². The third-order valence-corrected chi connectivity index (χ3v) is 4.97. The Labute approximate surface area is 203 Å². The summed E-state index contributed by atoms with van der Waals surface area (Å²) >= 11 is 0. The lowest BCUT2D eigenvalue weighted by atomic mass is 9.88. The average Bonchev–Trinajstić information content (AvgIpc) is 2.77. The third kappa shape index (κ3) is 5.87. The van der Waals surface area contributed by atoms with E-state index in [-0.39, 0.29) is 0 Å². The van der Waals surface area contributed by atoms with Crippen molar-refractivity contribution in [3.05, 3.63) is 35.9 Å². The standard InChI is InChI=1S/C20H15F14NO3/c1-2-6-12(36)35(14(38)16(23,24)18(27,28)20(32,33)34)9-11(10-7-4-3-5-8-10)13(37)15(21,22)17(25,26)19(29,30)31/h3-5,7-8,11H,2,6,9H2,1H3. The maximum Gasteiger partial charge on any atom is 0.460 e. The zero-order valence-electron chi connectivity index (χ0n) is 18.5. The fourth-order valence-electron chi connectivity index (χ4n) is 2.89. The maximum absolute atomic E-state index is 14.2. The van der Waals surface area contributed by atoms with Gasteiger partial charge in [0.25, 0.3) is 0 Å². The van der Waals surface area contributed by atoms with Crippen molar-refractivity contribution in [1.82, 2.24) is 4.90 Å². The molecule has 4 nitrogen and oxygen atoms in total. The summed E-state index contributed by atoms with van der Waals surface area (Å²) in [7, 11) is 0. The Kier molecular flexibility index (Phi) is 9.29. The molecule has 0 saturated heterocycles. The molecule has 1 atom stereocenters. The van der Waals surface area contributed by atoms with Crippen LogP contribution in [0, 0.1) is 0 Å². The Balaban J connectivity index is 3.77. The smallest absolute Gasteiger partial charge is 0.292 e. The summed E-state index contributed by atoms with van der Waals surface area (Å²) in [5.74, 6) is -40.1. The van der Waals surface area contributed by atoms with E-state index in [9.17, 15) is 75.8 Å². The Morgan fingerprint density at radius 2 is 1.13 bits per heavy atom. The number of rotatable bonds is 10. The van der Waals surface area contributed by atoms with Crippen LogP contribution in [0.3, 0.4) is 0 Å². The van der Waals surface area contributed by atoms with Crippen LogP contribution in [0.4, 0.5) is 61.5 Å². The van der Waals surface area contributed by atoms with E-state index in [1.165, 1.54) is 0 Å². The van der Waals surface area contributed by atoms with Gasteiger partial charge in [0.15, 0.2) is 0 Å². The van der Waals surface area contributed by atoms with E-state index >= 15 is 0 Å². The van der Waals surface area contributed by atoms with Crippen LogP contribution in [-0.2, 0) is 14.4 Å². The van der Waals surface area contributed by atoms with Crippen LogP contribution in [0.5, 0.6) is 0 Å². The lowest BCUT2D eigenvalue weighted by Crippen LogP contribution is -2.62. The van der Waals surface area contributed by atoms with Crippen molar-refractivity contribution in [2.45, 2.75) is 61.7 Å². The van der Waals surface area contributed by atoms with E-state index in [2.05, 4.69) is 0 Å². The molecule has 1 aromatic carbocycles. The summed E-state index contributed by atoms with van der Waals surface area (Å²) in [6.07, 6.45) is -15.7. The van der Waals surface area contributed by atoms with Gasteiger partial charge in [0.05, 0.1) is 5.92 Å². The lowest BCUT2D eigenvalue weighted by Gasteiger charge is -2.34. The Hall–Kier alpha value is -2.95. The number of carbonyl (C=O) groups excluding carboxylic acids is 3. The second-order valence-corrected chi connectivity index (χ2v) is 7.68. The first-order chi connectivity index (χ1) is 16.9. The molecule has 0 fully saturated rings. The van der Waals surface area contributed by atoms with Gasteiger partial charge in [-0.05, 0) is 12.0 Å². The second kappa shape index (κ2) is 10.7. The van der Waals surface area contributed by atoms with Crippen molar-refractivity contribution in [1.29, 1.82) is 0 Å². The van der Waals surface area contributed by atoms with Gasteiger partial charge in [0.1, 0.15) is 0 Å². The molecule has 0 heterocycles. The third-order valence-electron chi connectivity index (χ3n) is 4.97. The summed E-state index contributed by atoms with van der Waals surface area (Å²) in [6, 6.07) is 3.90. The quantitative estimate of drug-likeness (QED) is 0.310. The maximum atomic E-state index is 14.2. The van der Waals surface area contributed by atoms with Crippen LogP contribution in [-0.4, -0.2) is 65.1 Å². The van der Waals surface area contributed by atoms with Gasteiger partial charge in [0.2, 0.25) is 11.7 Å². The highest BCUT2D eigenvalue weighted by molar-refractivity contribution is 6.01. The molecule has 1 unspecified atom stereocenters. The highest BCUT2D eigenvalue weighted by Crippen LogP contribution is 2.50. The summed E-state index contributed by atoms with van der Waals surface area (Å²) in [5.41, 5.74) is -0.997. The zero-order valence-corrected chi connectivity index (χ0v) is 18.5. The van der Waals surface area contributed by atoms with Gasteiger partial charge in [-0.1, -0.05) is 37.3 Å². The van der Waals surface area contributed by atoms with Crippen LogP contribution < -0.4 is 0 Å². The molecule has 1 rings (SSSR count). The summed E-state index contributed by atoms with van der Waals surface area (Å²) in [6.45, 7) is -1.23. The van der Waals surface area contributed by atoms with E-state index in [1.807, 2.05) is 0 Å². The number of halogens is 14. The number of amides is 2. The number of hydrogen-bond donors (Lipinski definition) is 0. The minimum absolute atomic E-state index is 0.434. The van der Waals surface area contributed by atoms with Crippen molar-refractivity contribution in [2.24, 2.45) is 0 Å². The molecule has 0 aliphatic heterocycles. The van der Waals surface area contributed by atoms with Gasteiger partial charge in [-0.15, -0.1) is 0 Å². The van der Waals surface area contributed by atoms with E-state index in [0.29, 0.717) is 12.1 Å². The normalized spacial score (nSPS) is 14.7. The minimum atomic E-state index is -7.17. The van der Waals surface area contributed by atoms with Crippen LogP contribution in [0.15, 0.2) is 30.3 Å². The predicted octanol–water partition coefficient (Wildman–Crippen LogP) is 6.16. The monoisotopic (exact) mass is 583 g/mol. The van der Waals surface area contributed by atoms with E-state index in [4.69, 9.17) is 0 Å². The van der Waals surface area contributed by atoms with Crippen LogP contribution in [0.1, 0.15) is 31.2 Å². The fraction of sp³-hybridized carbons (Fsp3) is 0.550. The molecule has 38 heavy (non-hydrogen) atoms. The number of Topliss-reactive ketones (excluding diaryl/α,β-unsaturated/α-hetero) is 1. The van der Waals surface area contributed by atoms with E-state index < -0.39 is 89.4 Å². The molecule has 216 valence electrons. The number of ketones is 1. The molecule has 1 aromatic rings. The number of carbonyl (C=O) groups is 3. The van der Waals surface area contributed by atoms with Crippen molar-refractivity contribution in [3.63, 3.8) is 0 Å². The largest absolute Gasteiger partial charge is 0.460 e. The minimum Gasteiger partial charge on any atom is -0.292 e. The summed E-state index contributed by atoms with van der Waals surface area (Å²) in [5, 5.41) is 0. The van der Waals surface area contributed by atoms with E-state index in [0.717, 1.165) is 25.1 Å². The average molecular weight is 583 g/mol. The molecular formula is C20H15F14NO3. The Morgan fingerprint density at radius 1 is 0.711 bits per heavy atom. The van der Waals surface area contributed by atoms with Gasteiger partial charge in [-0.3, -0.25) is 19.3 Å². The topological polar surface area (TPSA) is 54.5 Å². The number of alkyl halides is 14. The highest BCUT2D eigenvalue weighted by atomic mass is 19.4. The number of benzene rings is 1. The SMILES string of the molecule is CCCC(=O)N(CC(C(=O)C(F)(F)C(F)(F)C(F)(F)F)c1ccccc1)C(=O)C(F)(F)C(F)(F)C(F)(F)F.